The van der Waals surface area contributed by atoms with Gasteiger partial charge in [0.05, 0.1) is 11.3 Å². The van der Waals surface area contributed by atoms with E-state index in [4.69, 9.17) is 15.4 Å². The number of nitrogens with one attached hydrogen (secondary N) is 1. The number of hydrazone groups is 1. The highest BCUT2D eigenvalue weighted by atomic mass is 19.4. The first-order valence-corrected chi connectivity index (χ1v) is 11.3. The number of amidine groups is 1. The predicted molar refractivity (Wildman–Crippen MR) is 124 cm³/mol. The molecule has 0 aliphatic heterocycles. The zero-order valence-corrected chi connectivity index (χ0v) is 19.1. The van der Waals surface area contributed by atoms with E-state index in [0.717, 1.165) is 24.2 Å². The lowest BCUT2D eigenvalue weighted by atomic mass is 9.89. The summed E-state index contributed by atoms with van der Waals surface area (Å²) in [6.07, 6.45) is 3.56. The Morgan fingerprint density at radius 3 is 2.47 bits per heavy atom. The number of halogens is 3. The van der Waals surface area contributed by atoms with Crippen molar-refractivity contribution in [3.63, 3.8) is 0 Å². The number of hydrogen-bond acceptors (Lipinski definition) is 6. The molecule has 34 heavy (non-hydrogen) atoms. The van der Waals surface area contributed by atoms with Gasteiger partial charge in [-0.3, -0.25) is 0 Å². The fourth-order valence-electron chi connectivity index (χ4n) is 3.66. The Morgan fingerprint density at radius 1 is 1.12 bits per heavy atom. The molecule has 0 unspecified atom stereocenters. The number of alkyl halides is 3. The van der Waals surface area contributed by atoms with Crippen molar-refractivity contribution in [2.75, 3.05) is 13.2 Å². The van der Waals surface area contributed by atoms with Crippen molar-refractivity contribution < 1.29 is 22.7 Å². The molecule has 0 bridgehead atoms. The minimum Gasteiger partial charge on any atom is -0.469 e. The quantitative estimate of drug-likeness (QED) is 0.233. The van der Waals surface area contributed by atoms with Gasteiger partial charge in [0.2, 0.25) is 5.88 Å². The largest absolute Gasteiger partial charge is 0.469 e. The lowest BCUT2D eigenvalue weighted by Crippen LogP contribution is -2.35. The molecule has 1 aliphatic rings. The molecule has 0 atom stereocenters. The van der Waals surface area contributed by atoms with Gasteiger partial charge in [-0.25, -0.2) is 4.98 Å². The second-order valence-electron chi connectivity index (χ2n) is 8.28. The first-order chi connectivity index (χ1) is 16.3. The molecule has 3 rings (SSSR count). The van der Waals surface area contributed by atoms with Crippen molar-refractivity contribution in [2.24, 2.45) is 22.0 Å². The van der Waals surface area contributed by atoms with Crippen LogP contribution in [0.15, 0.2) is 52.9 Å². The fraction of sp³-hybridized carbons (Fsp3) is 0.458. The topological polar surface area (TPSA) is 94.1 Å². The summed E-state index contributed by atoms with van der Waals surface area (Å²) in [4.78, 5) is 9.54. The van der Waals surface area contributed by atoms with E-state index >= 15 is 0 Å². The van der Waals surface area contributed by atoms with E-state index in [1.165, 1.54) is 44.2 Å². The summed E-state index contributed by atoms with van der Waals surface area (Å²) in [5.74, 6) is 7.12. The highest BCUT2D eigenvalue weighted by Crippen LogP contribution is 2.29. The van der Waals surface area contributed by atoms with Gasteiger partial charge in [0.1, 0.15) is 13.2 Å². The van der Waals surface area contributed by atoms with E-state index < -0.39 is 11.7 Å². The van der Waals surface area contributed by atoms with E-state index in [-0.39, 0.29) is 13.2 Å². The Labute approximate surface area is 197 Å². The number of nitrogens with zero attached hydrogens (tertiary/aromatic N) is 3. The van der Waals surface area contributed by atoms with Gasteiger partial charge in [-0.05, 0) is 49.4 Å². The summed E-state index contributed by atoms with van der Waals surface area (Å²) in [6.45, 7) is 2.84. The van der Waals surface area contributed by atoms with Crippen LogP contribution in [0.3, 0.4) is 0 Å². The maximum Gasteiger partial charge on any atom is 0.416 e. The van der Waals surface area contributed by atoms with E-state index in [9.17, 15) is 13.2 Å². The van der Waals surface area contributed by atoms with Crippen LogP contribution in [0.5, 0.6) is 5.88 Å². The number of hydrogen-bond donors (Lipinski definition) is 2. The molecule has 2 aromatic rings. The molecule has 3 N–H and O–H groups in total. The van der Waals surface area contributed by atoms with Crippen LogP contribution in [-0.4, -0.2) is 29.7 Å². The Morgan fingerprint density at radius 2 is 1.85 bits per heavy atom. The molecular weight excluding hydrogens is 447 g/mol. The van der Waals surface area contributed by atoms with Crippen LogP contribution in [0, 0.1) is 5.92 Å². The van der Waals surface area contributed by atoms with Gasteiger partial charge < -0.3 is 20.7 Å². The van der Waals surface area contributed by atoms with Gasteiger partial charge in [0.25, 0.3) is 0 Å². The van der Waals surface area contributed by atoms with E-state index in [2.05, 4.69) is 20.6 Å². The van der Waals surface area contributed by atoms with Crippen LogP contribution in [-0.2, 0) is 17.6 Å². The lowest BCUT2D eigenvalue weighted by molar-refractivity contribution is -0.137. The highest BCUT2D eigenvalue weighted by molar-refractivity contribution is 5.98. The fourth-order valence-corrected chi connectivity index (χ4v) is 3.66. The average Bonchev–Trinajstić information content (AvgIpc) is 2.85. The Kier molecular flexibility index (Phi) is 9.12. The number of pyridine rings is 1. The third kappa shape index (κ3) is 7.93. The molecule has 0 amide bonds. The SMILES string of the molecule is C/C(=N\OCc1ccc(C(F)(F)F)cc1)c1ccc(OC/C(=N/N)NCC2CCCCC2)nc1. The molecule has 1 fully saturated rings. The molecule has 1 aliphatic carbocycles. The van der Waals surface area contributed by atoms with Crippen LogP contribution in [0.1, 0.15) is 55.7 Å². The summed E-state index contributed by atoms with van der Waals surface area (Å²) in [5, 5.41) is 11.1. The van der Waals surface area contributed by atoms with Gasteiger partial charge in [-0.2, -0.15) is 18.3 Å². The highest BCUT2D eigenvalue weighted by Gasteiger charge is 2.29. The van der Waals surface area contributed by atoms with Gasteiger partial charge in [0, 0.05) is 24.4 Å². The van der Waals surface area contributed by atoms with Crippen LogP contribution < -0.4 is 15.9 Å². The monoisotopic (exact) mass is 477 g/mol. The molecule has 184 valence electrons. The zero-order chi connectivity index (χ0) is 24.4. The summed E-state index contributed by atoms with van der Waals surface area (Å²) in [7, 11) is 0. The summed E-state index contributed by atoms with van der Waals surface area (Å²) in [6, 6.07) is 8.26. The molecule has 1 aromatic carbocycles. The van der Waals surface area contributed by atoms with E-state index in [1.807, 2.05) is 0 Å². The molecule has 1 heterocycles. The normalized spacial score (nSPS) is 15.8. The van der Waals surface area contributed by atoms with Crippen LogP contribution in [0.4, 0.5) is 13.2 Å². The number of nitrogens with two attached hydrogens (primary N) is 1. The lowest BCUT2D eigenvalue weighted by Gasteiger charge is -2.22. The Balaban J connectivity index is 1.44. The molecule has 10 heteroatoms. The van der Waals surface area contributed by atoms with Gasteiger partial charge >= 0.3 is 6.18 Å². The third-order valence-corrected chi connectivity index (χ3v) is 5.70. The first-order valence-electron chi connectivity index (χ1n) is 11.3. The minimum absolute atomic E-state index is 0.0547. The predicted octanol–water partition coefficient (Wildman–Crippen LogP) is 4.86. The van der Waals surface area contributed by atoms with E-state index in [1.54, 1.807) is 25.3 Å². The van der Waals surface area contributed by atoms with E-state index in [0.29, 0.717) is 28.9 Å². The van der Waals surface area contributed by atoms with Gasteiger partial charge in [-0.15, -0.1) is 0 Å². The Hall–Kier alpha value is -3.30. The molecule has 7 nitrogen and oxygen atoms in total. The van der Waals surface area contributed by atoms with Crippen molar-refractivity contribution in [3.05, 3.63) is 59.3 Å². The van der Waals surface area contributed by atoms with Crippen molar-refractivity contribution in [1.29, 1.82) is 0 Å². The number of oxime groups is 1. The maximum atomic E-state index is 12.6. The zero-order valence-electron chi connectivity index (χ0n) is 19.1. The molecule has 1 aromatic heterocycles. The summed E-state index contributed by atoms with van der Waals surface area (Å²) >= 11 is 0. The minimum atomic E-state index is -4.36. The van der Waals surface area contributed by atoms with Crippen LogP contribution in [0.25, 0.3) is 0 Å². The van der Waals surface area contributed by atoms with Crippen molar-refractivity contribution in [3.8, 4) is 5.88 Å². The molecule has 0 saturated heterocycles. The van der Waals surface area contributed by atoms with Crippen LogP contribution >= 0.6 is 0 Å². The summed E-state index contributed by atoms with van der Waals surface area (Å²) in [5.41, 5.74) is 1.18. The van der Waals surface area contributed by atoms with Gasteiger partial charge in [-0.1, -0.05) is 36.6 Å². The summed E-state index contributed by atoms with van der Waals surface area (Å²) < 4.78 is 43.5. The smallest absolute Gasteiger partial charge is 0.416 e. The van der Waals surface area contributed by atoms with Crippen molar-refractivity contribution >= 4 is 11.5 Å². The second-order valence-corrected chi connectivity index (χ2v) is 8.28. The molecule has 0 spiro atoms. The second kappa shape index (κ2) is 12.2. The standard InChI is InChI=1S/C24H30F3N5O2/c1-17(32-34-15-19-7-10-21(11-8-19)24(25,26)27)20-9-12-23(30-14-20)33-16-22(31-28)29-13-18-5-3-2-4-6-18/h7-12,14,18H,2-6,13,15-16,28H2,1H3,(H,29,31)/b32-17+. The van der Waals surface area contributed by atoms with Crippen molar-refractivity contribution in [2.45, 2.75) is 51.8 Å². The third-order valence-electron chi connectivity index (χ3n) is 5.70. The number of rotatable bonds is 9. The maximum absolute atomic E-state index is 12.6. The Bertz CT molecular complexity index is 954. The molecule has 1 saturated carbocycles. The number of benzene rings is 1. The molecule has 0 radical (unpaired) electrons. The number of ether oxygens (including phenoxy) is 1. The first kappa shape index (κ1) is 25.3. The average molecular weight is 478 g/mol. The van der Waals surface area contributed by atoms with Crippen LogP contribution in [0.2, 0.25) is 0 Å². The van der Waals surface area contributed by atoms with Crippen molar-refractivity contribution in [1.82, 2.24) is 10.3 Å². The number of aromatic nitrogens is 1. The molecular formula is C24H30F3N5O2. The van der Waals surface area contributed by atoms with Gasteiger partial charge in [0.15, 0.2) is 5.84 Å².